The number of ketones is 2. The first kappa shape index (κ1) is 18.9. The van der Waals surface area contributed by atoms with Gasteiger partial charge < -0.3 is 9.80 Å². The summed E-state index contributed by atoms with van der Waals surface area (Å²) in [7, 11) is 4.81. The van der Waals surface area contributed by atoms with Gasteiger partial charge in [-0.15, -0.1) is 11.6 Å². The number of hydrogen-bond acceptors (Lipinski definition) is 4. The molecule has 5 nitrogen and oxygen atoms in total. The number of halogens is 1. The highest BCUT2D eigenvalue weighted by atomic mass is 35.5. The molecule has 0 N–H and O–H groups in total. The first-order chi connectivity index (χ1) is 12.8. The first-order valence-corrected chi connectivity index (χ1v) is 8.84. The summed E-state index contributed by atoms with van der Waals surface area (Å²) in [6, 6.07) is 15.5. The summed E-state index contributed by atoms with van der Waals surface area (Å²) in [5.74, 6) is -1.14. The number of carbonyl (C=O) groups excluding carboxylic acids is 3. The minimum Gasteiger partial charge on any atom is -0.373 e. The number of Topliss-reactive ketones (excluding diaryl/α,β-unsaturated/α-hetero) is 2. The van der Waals surface area contributed by atoms with E-state index in [-0.39, 0.29) is 28.5 Å². The van der Waals surface area contributed by atoms with Gasteiger partial charge in [0.15, 0.2) is 0 Å². The van der Waals surface area contributed by atoms with Gasteiger partial charge in [-0.2, -0.15) is 0 Å². The van der Waals surface area contributed by atoms with E-state index in [2.05, 4.69) is 0 Å². The summed E-state index contributed by atoms with van der Waals surface area (Å²) in [5, 5.41) is -0.966. The molecule has 1 amide bonds. The zero-order valence-electron chi connectivity index (χ0n) is 15.3. The predicted octanol–water partition coefficient (Wildman–Crippen LogP) is 3.28. The van der Waals surface area contributed by atoms with E-state index >= 15 is 0 Å². The maximum absolute atomic E-state index is 13.1. The largest absolute Gasteiger partial charge is 0.373 e. The molecule has 3 rings (SSSR count). The van der Waals surface area contributed by atoms with E-state index in [1.165, 1.54) is 11.9 Å². The Morgan fingerprint density at radius 3 is 1.81 bits per heavy atom. The van der Waals surface area contributed by atoms with E-state index < -0.39 is 11.3 Å². The van der Waals surface area contributed by atoms with Gasteiger partial charge in [-0.25, -0.2) is 0 Å². The Labute approximate surface area is 162 Å². The topological polar surface area (TPSA) is 57.7 Å². The summed E-state index contributed by atoms with van der Waals surface area (Å²) < 4.78 is 0. The van der Waals surface area contributed by atoms with Crippen LogP contribution in [0.25, 0.3) is 0 Å². The van der Waals surface area contributed by atoms with Crippen LogP contribution in [0.2, 0.25) is 0 Å². The number of fused-ring (bicyclic) bond motifs is 1. The van der Waals surface area contributed by atoms with E-state index in [0.29, 0.717) is 11.1 Å². The fourth-order valence-corrected chi connectivity index (χ4v) is 3.41. The van der Waals surface area contributed by atoms with E-state index in [4.69, 9.17) is 11.6 Å². The minimum atomic E-state index is -0.966. The van der Waals surface area contributed by atoms with Gasteiger partial charge in [-0.05, 0) is 5.56 Å². The van der Waals surface area contributed by atoms with Crippen LogP contribution < -0.4 is 0 Å². The molecule has 0 saturated heterocycles. The maximum atomic E-state index is 13.1. The molecule has 27 heavy (non-hydrogen) atoms. The molecule has 0 bridgehead atoms. The van der Waals surface area contributed by atoms with Crippen molar-refractivity contribution in [2.45, 2.75) is 5.38 Å². The number of allylic oxidation sites excluding steroid dienone is 2. The van der Waals surface area contributed by atoms with Crippen molar-refractivity contribution in [2.75, 3.05) is 21.1 Å². The van der Waals surface area contributed by atoms with Gasteiger partial charge in [0.2, 0.25) is 17.5 Å². The molecular weight excluding hydrogens is 364 g/mol. The van der Waals surface area contributed by atoms with Gasteiger partial charge in [0, 0.05) is 32.3 Å². The summed E-state index contributed by atoms with van der Waals surface area (Å²) in [4.78, 5) is 41.8. The Morgan fingerprint density at radius 1 is 0.815 bits per heavy atom. The normalized spacial score (nSPS) is 14.7. The lowest BCUT2D eigenvalue weighted by Crippen LogP contribution is -2.40. The van der Waals surface area contributed by atoms with E-state index in [9.17, 15) is 14.4 Å². The number of alkyl halides is 1. The zero-order chi connectivity index (χ0) is 19.7. The van der Waals surface area contributed by atoms with Crippen LogP contribution in [0.4, 0.5) is 0 Å². The van der Waals surface area contributed by atoms with E-state index in [0.717, 1.165) is 0 Å². The molecule has 0 aromatic heterocycles. The Balaban J connectivity index is 2.07. The van der Waals surface area contributed by atoms with Crippen molar-refractivity contribution in [1.82, 2.24) is 9.80 Å². The number of hydrogen-bond donors (Lipinski definition) is 0. The second kappa shape index (κ2) is 7.37. The van der Waals surface area contributed by atoms with Crippen molar-refractivity contribution in [1.29, 1.82) is 0 Å². The second-order valence-electron chi connectivity index (χ2n) is 6.47. The first-order valence-electron chi connectivity index (χ1n) is 8.41. The Bertz CT molecular complexity index is 951. The number of likely N-dealkylation sites (N-methyl/N-ethyl adjacent to an activating group) is 2. The SMILES string of the molecule is CN(C)C1=C(N(C)C(=O)C(Cl)c2ccccc2)C(=O)c2ccccc2C1=O. The monoisotopic (exact) mass is 382 g/mol. The lowest BCUT2D eigenvalue weighted by atomic mass is 9.89. The molecule has 1 aliphatic rings. The van der Waals surface area contributed by atoms with Gasteiger partial charge in [0.05, 0.1) is 0 Å². The highest BCUT2D eigenvalue weighted by molar-refractivity contribution is 6.32. The van der Waals surface area contributed by atoms with Crippen LogP contribution >= 0.6 is 11.6 Å². The average molecular weight is 383 g/mol. The number of amides is 1. The second-order valence-corrected chi connectivity index (χ2v) is 6.90. The van der Waals surface area contributed by atoms with E-state index in [1.807, 2.05) is 6.07 Å². The molecule has 1 unspecified atom stereocenters. The van der Waals surface area contributed by atoms with Crippen molar-refractivity contribution in [3.05, 3.63) is 82.7 Å². The highest BCUT2D eigenvalue weighted by Crippen LogP contribution is 2.31. The van der Waals surface area contributed by atoms with Crippen LogP contribution in [0.15, 0.2) is 66.0 Å². The van der Waals surface area contributed by atoms with Gasteiger partial charge in [-0.3, -0.25) is 14.4 Å². The van der Waals surface area contributed by atoms with Gasteiger partial charge in [0.25, 0.3) is 0 Å². The van der Waals surface area contributed by atoms with Gasteiger partial charge in [0.1, 0.15) is 16.8 Å². The van der Waals surface area contributed by atoms with Gasteiger partial charge >= 0.3 is 0 Å². The minimum absolute atomic E-state index is 0.0373. The van der Waals surface area contributed by atoms with Crippen LogP contribution in [0.1, 0.15) is 31.7 Å². The van der Waals surface area contributed by atoms with Crippen LogP contribution in [-0.2, 0) is 4.79 Å². The van der Waals surface area contributed by atoms with Crippen molar-refractivity contribution < 1.29 is 14.4 Å². The molecule has 0 aliphatic heterocycles. The molecule has 138 valence electrons. The molecule has 0 saturated carbocycles. The molecular formula is C21H19ClN2O3. The fourth-order valence-electron chi connectivity index (χ4n) is 3.12. The number of benzene rings is 2. The van der Waals surface area contributed by atoms with Crippen LogP contribution in [-0.4, -0.2) is 48.4 Å². The third kappa shape index (κ3) is 3.26. The third-order valence-electron chi connectivity index (χ3n) is 4.49. The molecule has 0 fully saturated rings. The molecule has 2 aromatic carbocycles. The zero-order valence-corrected chi connectivity index (χ0v) is 16.0. The molecule has 0 radical (unpaired) electrons. The molecule has 1 aliphatic carbocycles. The van der Waals surface area contributed by atoms with Crippen LogP contribution in [0.3, 0.4) is 0 Å². The lowest BCUT2D eigenvalue weighted by Gasteiger charge is -2.31. The highest BCUT2D eigenvalue weighted by Gasteiger charge is 2.38. The fraction of sp³-hybridized carbons (Fsp3) is 0.190. The standard InChI is InChI=1S/C21H19ClN2O3/c1-23(2)17-18(20(26)15-12-8-7-11-14(15)19(17)25)24(3)21(27)16(22)13-9-5-4-6-10-13/h4-12,16H,1-3H3. The molecule has 0 spiro atoms. The summed E-state index contributed by atoms with van der Waals surface area (Å²) in [6.07, 6.45) is 0. The molecule has 6 heteroatoms. The quantitative estimate of drug-likeness (QED) is 0.761. The number of rotatable bonds is 4. The van der Waals surface area contributed by atoms with Crippen LogP contribution in [0.5, 0.6) is 0 Å². The summed E-state index contributed by atoms with van der Waals surface area (Å²) in [6.45, 7) is 0. The predicted molar refractivity (Wildman–Crippen MR) is 104 cm³/mol. The Kier molecular flexibility index (Phi) is 5.15. The van der Waals surface area contributed by atoms with E-state index in [1.54, 1.807) is 67.5 Å². The Hall–Kier alpha value is -2.92. The number of nitrogens with zero attached hydrogens (tertiary/aromatic N) is 2. The van der Waals surface area contributed by atoms with Crippen LogP contribution in [0, 0.1) is 0 Å². The van der Waals surface area contributed by atoms with Crippen molar-refractivity contribution >= 4 is 29.1 Å². The summed E-state index contributed by atoms with van der Waals surface area (Å²) >= 11 is 6.36. The Morgan fingerprint density at radius 2 is 1.30 bits per heavy atom. The third-order valence-corrected chi connectivity index (χ3v) is 4.93. The van der Waals surface area contributed by atoms with Crippen molar-refractivity contribution in [2.24, 2.45) is 0 Å². The average Bonchev–Trinajstić information content (AvgIpc) is 2.69. The van der Waals surface area contributed by atoms with Crippen molar-refractivity contribution in [3.8, 4) is 0 Å². The lowest BCUT2D eigenvalue weighted by molar-refractivity contribution is -0.127. The maximum Gasteiger partial charge on any atom is 0.249 e. The number of carbonyl (C=O) groups is 3. The van der Waals surface area contributed by atoms with Gasteiger partial charge in [-0.1, -0.05) is 54.6 Å². The molecule has 0 heterocycles. The molecule has 2 aromatic rings. The molecule has 1 atom stereocenters. The summed E-state index contributed by atoms with van der Waals surface area (Å²) in [5.41, 5.74) is 1.45. The van der Waals surface area contributed by atoms with Crippen molar-refractivity contribution in [3.63, 3.8) is 0 Å². The smallest absolute Gasteiger partial charge is 0.249 e.